The molecule has 0 amide bonds. The van der Waals surface area contributed by atoms with Crippen molar-refractivity contribution >= 4 is 17.9 Å². The van der Waals surface area contributed by atoms with Crippen molar-refractivity contribution in [2.24, 2.45) is 40.4 Å². The van der Waals surface area contributed by atoms with Crippen LogP contribution in [0, 0.1) is 40.4 Å². The fraction of sp³-hybridized carbons (Fsp3) is 0.850. The normalized spacial score (nSPS) is 52.5. The fourth-order valence-electron chi connectivity index (χ4n) is 6.96. The largest absolute Gasteiger partial charge is 0.303 e. The molecule has 4 aliphatic rings. The van der Waals surface area contributed by atoms with Crippen molar-refractivity contribution in [3.8, 4) is 0 Å². The number of Topliss-reactive ketones (excluding diaryl/α,β-unsaturated/α-hetero) is 2. The molecule has 0 radical (unpaired) electrons. The Morgan fingerprint density at radius 3 is 2.57 bits per heavy atom. The van der Waals surface area contributed by atoms with E-state index in [-0.39, 0.29) is 22.7 Å². The number of ketones is 2. The maximum atomic E-state index is 12.9. The maximum Gasteiger partial charge on any atom is 0.139 e. The molecule has 126 valence electrons. The lowest BCUT2D eigenvalue weighted by atomic mass is 9.44. The van der Waals surface area contributed by atoms with Crippen LogP contribution in [0.2, 0.25) is 0 Å². The van der Waals surface area contributed by atoms with E-state index in [2.05, 4.69) is 13.8 Å². The van der Waals surface area contributed by atoms with E-state index in [1.54, 1.807) is 0 Å². The number of hydrogen-bond acceptors (Lipinski definition) is 3. The third kappa shape index (κ3) is 1.97. The molecule has 0 aromatic rings. The smallest absolute Gasteiger partial charge is 0.139 e. The van der Waals surface area contributed by atoms with Crippen molar-refractivity contribution in [3.63, 3.8) is 0 Å². The summed E-state index contributed by atoms with van der Waals surface area (Å²) < 4.78 is 0. The van der Waals surface area contributed by atoms with Crippen LogP contribution in [0.1, 0.15) is 65.2 Å². The van der Waals surface area contributed by atoms with Crippen LogP contribution in [-0.2, 0) is 14.4 Å². The summed E-state index contributed by atoms with van der Waals surface area (Å²) in [5.41, 5.74) is -0.100. The van der Waals surface area contributed by atoms with Gasteiger partial charge in [-0.15, -0.1) is 0 Å². The van der Waals surface area contributed by atoms with Crippen LogP contribution in [0.15, 0.2) is 0 Å². The van der Waals surface area contributed by atoms with Gasteiger partial charge in [0.1, 0.15) is 17.9 Å². The van der Waals surface area contributed by atoms with Gasteiger partial charge >= 0.3 is 0 Å². The van der Waals surface area contributed by atoms with E-state index in [0.717, 1.165) is 44.8 Å². The lowest BCUT2D eigenvalue weighted by molar-refractivity contribution is -0.158. The Hall–Kier alpha value is -0.990. The zero-order chi connectivity index (χ0) is 16.4. The summed E-state index contributed by atoms with van der Waals surface area (Å²) in [6.45, 7) is 4.47. The molecule has 0 N–H and O–H groups in total. The molecular formula is C20H28O3. The highest BCUT2D eigenvalue weighted by Crippen LogP contribution is 2.64. The molecule has 3 nitrogen and oxygen atoms in total. The van der Waals surface area contributed by atoms with Gasteiger partial charge in [0.2, 0.25) is 0 Å². The Morgan fingerprint density at radius 1 is 1.04 bits per heavy atom. The van der Waals surface area contributed by atoms with Crippen LogP contribution < -0.4 is 0 Å². The van der Waals surface area contributed by atoms with E-state index in [4.69, 9.17) is 0 Å². The van der Waals surface area contributed by atoms with Gasteiger partial charge in [-0.25, -0.2) is 0 Å². The van der Waals surface area contributed by atoms with E-state index in [1.165, 1.54) is 0 Å². The molecule has 4 aliphatic carbocycles. The number of aldehydes is 1. The van der Waals surface area contributed by atoms with Gasteiger partial charge in [0, 0.05) is 30.1 Å². The second kappa shape index (κ2) is 5.00. The highest BCUT2D eigenvalue weighted by molar-refractivity contribution is 5.88. The second-order valence-electron chi connectivity index (χ2n) is 9.19. The van der Waals surface area contributed by atoms with Crippen LogP contribution in [0.25, 0.3) is 0 Å². The standard InChI is InChI=1S/C20H28O3/c1-19-7-5-12(11-21)9-16(19)17(22)10-13-14-3-4-18(23)20(14,2)8-6-15(13)19/h11-16H,3-10H2,1-2H3/t12-,13-,14-,15-,16?,19+,20-/m0/s1. The first kappa shape index (κ1) is 15.5. The van der Waals surface area contributed by atoms with Gasteiger partial charge in [0.05, 0.1) is 0 Å². The zero-order valence-corrected chi connectivity index (χ0v) is 14.3. The summed E-state index contributed by atoms with van der Waals surface area (Å²) in [5, 5.41) is 0. The molecule has 4 saturated carbocycles. The van der Waals surface area contributed by atoms with Gasteiger partial charge in [-0.2, -0.15) is 0 Å². The van der Waals surface area contributed by atoms with E-state index in [1.807, 2.05) is 0 Å². The van der Waals surface area contributed by atoms with E-state index in [0.29, 0.717) is 42.2 Å². The number of fused-ring (bicyclic) bond motifs is 5. The first-order valence-corrected chi connectivity index (χ1v) is 9.41. The zero-order valence-electron chi connectivity index (χ0n) is 14.3. The summed E-state index contributed by atoms with van der Waals surface area (Å²) in [6, 6.07) is 0. The van der Waals surface area contributed by atoms with Crippen LogP contribution in [0.3, 0.4) is 0 Å². The molecule has 4 rings (SSSR count). The highest BCUT2D eigenvalue weighted by Gasteiger charge is 2.62. The van der Waals surface area contributed by atoms with Crippen LogP contribution in [-0.4, -0.2) is 17.9 Å². The third-order valence-electron chi connectivity index (χ3n) is 8.40. The minimum absolute atomic E-state index is 0.0620. The number of carbonyl (C=O) groups is 3. The maximum absolute atomic E-state index is 12.9. The first-order chi connectivity index (χ1) is 10.9. The van der Waals surface area contributed by atoms with Crippen molar-refractivity contribution in [1.82, 2.24) is 0 Å². The van der Waals surface area contributed by atoms with Gasteiger partial charge in [0.25, 0.3) is 0 Å². The summed E-state index contributed by atoms with van der Waals surface area (Å²) in [5.74, 6) is 2.36. The Bertz CT molecular complexity index is 567. The van der Waals surface area contributed by atoms with Crippen LogP contribution in [0.4, 0.5) is 0 Å². The fourth-order valence-corrected chi connectivity index (χ4v) is 6.96. The predicted octanol–water partition coefficient (Wildman–Crippen LogP) is 3.59. The van der Waals surface area contributed by atoms with Crippen LogP contribution >= 0.6 is 0 Å². The molecule has 0 aromatic carbocycles. The van der Waals surface area contributed by atoms with Crippen LogP contribution in [0.5, 0.6) is 0 Å². The molecule has 0 saturated heterocycles. The van der Waals surface area contributed by atoms with E-state index < -0.39 is 0 Å². The molecule has 1 unspecified atom stereocenters. The molecule has 0 spiro atoms. The quantitative estimate of drug-likeness (QED) is 0.695. The van der Waals surface area contributed by atoms with Crippen molar-refractivity contribution < 1.29 is 14.4 Å². The Morgan fingerprint density at radius 2 is 1.83 bits per heavy atom. The number of rotatable bonds is 1. The number of hydrogen-bond donors (Lipinski definition) is 0. The molecule has 3 heteroatoms. The van der Waals surface area contributed by atoms with Gasteiger partial charge < -0.3 is 4.79 Å². The second-order valence-corrected chi connectivity index (χ2v) is 9.19. The lowest BCUT2D eigenvalue weighted by Gasteiger charge is -2.59. The number of carbonyl (C=O) groups excluding carboxylic acids is 3. The highest BCUT2D eigenvalue weighted by atomic mass is 16.1. The molecule has 4 fully saturated rings. The monoisotopic (exact) mass is 316 g/mol. The molecule has 23 heavy (non-hydrogen) atoms. The molecule has 0 aliphatic heterocycles. The molecular weight excluding hydrogens is 288 g/mol. The SMILES string of the molecule is C[C@]12CC[C@H](C=O)CC1C(=O)C[C@@H]1[C@@H]2CC[C@]2(C)C(=O)CC[C@@H]12. The van der Waals surface area contributed by atoms with Crippen molar-refractivity contribution in [3.05, 3.63) is 0 Å². The summed E-state index contributed by atoms with van der Waals surface area (Å²) in [4.78, 5) is 36.5. The molecule has 0 aromatic heterocycles. The third-order valence-corrected chi connectivity index (χ3v) is 8.40. The van der Waals surface area contributed by atoms with E-state index >= 15 is 0 Å². The van der Waals surface area contributed by atoms with E-state index in [9.17, 15) is 14.4 Å². The van der Waals surface area contributed by atoms with Crippen molar-refractivity contribution in [1.29, 1.82) is 0 Å². The van der Waals surface area contributed by atoms with Crippen molar-refractivity contribution in [2.45, 2.75) is 65.2 Å². The van der Waals surface area contributed by atoms with Crippen molar-refractivity contribution in [2.75, 3.05) is 0 Å². The molecule has 7 atom stereocenters. The minimum Gasteiger partial charge on any atom is -0.303 e. The summed E-state index contributed by atoms with van der Waals surface area (Å²) in [7, 11) is 0. The molecule has 0 bridgehead atoms. The Balaban J connectivity index is 1.67. The lowest BCUT2D eigenvalue weighted by Crippen LogP contribution is -2.56. The Labute approximate surface area is 138 Å². The van der Waals surface area contributed by atoms with Gasteiger partial charge in [-0.05, 0) is 61.7 Å². The summed E-state index contributed by atoms with van der Waals surface area (Å²) >= 11 is 0. The minimum atomic E-state index is -0.162. The van der Waals surface area contributed by atoms with Gasteiger partial charge in [0.15, 0.2) is 0 Å². The van der Waals surface area contributed by atoms with Gasteiger partial charge in [-0.1, -0.05) is 13.8 Å². The summed E-state index contributed by atoms with van der Waals surface area (Å²) in [6.07, 6.45) is 8.23. The predicted molar refractivity (Wildman–Crippen MR) is 86.7 cm³/mol. The Kier molecular flexibility index (Phi) is 3.38. The first-order valence-electron chi connectivity index (χ1n) is 9.41. The topological polar surface area (TPSA) is 51.2 Å². The average Bonchev–Trinajstić information content (AvgIpc) is 2.83. The average molecular weight is 316 g/mol. The molecule has 0 heterocycles. The van der Waals surface area contributed by atoms with Gasteiger partial charge in [-0.3, -0.25) is 9.59 Å².